The number of aryl methyl sites for hydroxylation is 1. The molecule has 1 atom stereocenters. The lowest BCUT2D eigenvalue weighted by Crippen LogP contribution is -2.31. The summed E-state index contributed by atoms with van der Waals surface area (Å²) < 4.78 is 0. The van der Waals surface area contributed by atoms with Gasteiger partial charge in [-0.25, -0.2) is 0 Å². The maximum atomic E-state index is 12.0. The van der Waals surface area contributed by atoms with Gasteiger partial charge in [-0.1, -0.05) is 29.8 Å². The van der Waals surface area contributed by atoms with Crippen LogP contribution in [0.5, 0.6) is 0 Å². The fraction of sp³-hybridized carbons (Fsp3) is 0.562. The molecule has 1 unspecified atom stereocenters. The molecule has 0 aromatic heterocycles. The van der Waals surface area contributed by atoms with Crippen LogP contribution in [-0.4, -0.2) is 49.4 Å². The van der Waals surface area contributed by atoms with E-state index < -0.39 is 0 Å². The Morgan fingerprint density at radius 3 is 2.60 bits per heavy atom. The minimum absolute atomic E-state index is 0.0439. The molecule has 1 saturated heterocycles. The highest BCUT2D eigenvalue weighted by atomic mass is 16.2. The van der Waals surface area contributed by atoms with Gasteiger partial charge in [-0.3, -0.25) is 10.1 Å². The minimum Gasteiger partial charge on any atom is -0.322 e. The van der Waals surface area contributed by atoms with E-state index in [-0.39, 0.29) is 12.1 Å². The molecule has 0 saturated carbocycles. The first-order valence-electron chi connectivity index (χ1n) is 7.32. The van der Waals surface area contributed by atoms with E-state index in [9.17, 15) is 4.79 Å². The minimum atomic E-state index is 0.0439. The van der Waals surface area contributed by atoms with Crippen molar-refractivity contribution < 1.29 is 4.79 Å². The molecule has 1 aromatic rings. The van der Waals surface area contributed by atoms with Crippen molar-refractivity contribution in [3.8, 4) is 0 Å². The Morgan fingerprint density at radius 2 is 1.95 bits per heavy atom. The third-order valence-electron chi connectivity index (χ3n) is 3.73. The summed E-state index contributed by atoms with van der Waals surface area (Å²) in [6.45, 7) is 4.44. The summed E-state index contributed by atoms with van der Waals surface area (Å²) in [5.41, 5.74) is 2.42. The van der Waals surface area contributed by atoms with Crippen LogP contribution in [0, 0.1) is 6.92 Å². The highest BCUT2D eigenvalue weighted by molar-refractivity contribution is 5.80. The lowest BCUT2D eigenvalue weighted by atomic mass is 10.1. The predicted molar refractivity (Wildman–Crippen MR) is 81.4 cm³/mol. The van der Waals surface area contributed by atoms with Gasteiger partial charge >= 0.3 is 0 Å². The maximum absolute atomic E-state index is 12.0. The van der Waals surface area contributed by atoms with Crippen LogP contribution in [-0.2, 0) is 4.79 Å². The van der Waals surface area contributed by atoms with E-state index in [0.717, 1.165) is 25.9 Å². The zero-order valence-corrected chi connectivity index (χ0v) is 12.7. The lowest BCUT2D eigenvalue weighted by molar-refractivity contribution is -0.128. The zero-order chi connectivity index (χ0) is 14.5. The molecule has 1 amide bonds. The third-order valence-corrected chi connectivity index (χ3v) is 3.73. The van der Waals surface area contributed by atoms with Gasteiger partial charge in [0.1, 0.15) is 6.17 Å². The molecule has 1 heterocycles. The first-order chi connectivity index (χ1) is 9.58. The fourth-order valence-corrected chi connectivity index (χ4v) is 2.55. The summed E-state index contributed by atoms with van der Waals surface area (Å²) in [6, 6.07) is 8.42. The zero-order valence-electron chi connectivity index (χ0n) is 12.7. The molecular weight excluding hydrogens is 250 g/mol. The largest absolute Gasteiger partial charge is 0.322 e. The van der Waals surface area contributed by atoms with Gasteiger partial charge < -0.3 is 9.80 Å². The lowest BCUT2D eigenvalue weighted by Gasteiger charge is -2.25. The van der Waals surface area contributed by atoms with Gasteiger partial charge in [0.05, 0.1) is 6.54 Å². The van der Waals surface area contributed by atoms with E-state index in [1.165, 1.54) is 11.1 Å². The number of benzene rings is 1. The first-order valence-corrected chi connectivity index (χ1v) is 7.32. The second-order valence-electron chi connectivity index (χ2n) is 5.79. The second-order valence-corrected chi connectivity index (χ2v) is 5.79. The average molecular weight is 275 g/mol. The van der Waals surface area contributed by atoms with Crippen molar-refractivity contribution in [2.45, 2.75) is 25.9 Å². The quantitative estimate of drug-likeness (QED) is 0.804. The Labute approximate surface area is 121 Å². The number of amides is 1. The van der Waals surface area contributed by atoms with Gasteiger partial charge in [-0.15, -0.1) is 0 Å². The molecule has 0 spiro atoms. The van der Waals surface area contributed by atoms with Crippen molar-refractivity contribution in [3.63, 3.8) is 0 Å². The van der Waals surface area contributed by atoms with Crippen LogP contribution >= 0.6 is 0 Å². The SMILES string of the molecule is Cc1ccc(C2NCC(=O)N2CCCCN(C)C)cc1. The number of nitrogens with one attached hydrogen (secondary N) is 1. The summed E-state index contributed by atoms with van der Waals surface area (Å²) in [5, 5.41) is 3.31. The number of nitrogens with zero attached hydrogens (tertiary/aromatic N) is 2. The smallest absolute Gasteiger partial charge is 0.238 e. The van der Waals surface area contributed by atoms with Crippen LogP contribution in [0.3, 0.4) is 0 Å². The van der Waals surface area contributed by atoms with Crippen molar-refractivity contribution in [1.82, 2.24) is 15.1 Å². The number of hydrogen-bond acceptors (Lipinski definition) is 3. The van der Waals surface area contributed by atoms with Crippen molar-refractivity contribution in [1.29, 1.82) is 0 Å². The Bertz CT molecular complexity index is 442. The van der Waals surface area contributed by atoms with Crippen LogP contribution in [0.15, 0.2) is 24.3 Å². The number of unbranched alkanes of at least 4 members (excludes halogenated alkanes) is 1. The summed E-state index contributed by atoms with van der Waals surface area (Å²) in [4.78, 5) is 16.2. The predicted octanol–water partition coefficient (Wildman–Crippen LogP) is 1.77. The summed E-state index contributed by atoms with van der Waals surface area (Å²) >= 11 is 0. The Morgan fingerprint density at radius 1 is 1.25 bits per heavy atom. The Balaban J connectivity index is 1.94. The highest BCUT2D eigenvalue weighted by Crippen LogP contribution is 2.23. The molecular formula is C16H25N3O. The van der Waals surface area contributed by atoms with E-state index in [1.807, 2.05) is 4.90 Å². The van der Waals surface area contributed by atoms with Crippen LogP contribution < -0.4 is 5.32 Å². The van der Waals surface area contributed by atoms with Crippen LogP contribution in [0.1, 0.15) is 30.1 Å². The van der Waals surface area contributed by atoms with Gasteiger partial charge in [0, 0.05) is 6.54 Å². The molecule has 1 aliphatic heterocycles. The van der Waals surface area contributed by atoms with Gasteiger partial charge in [0.2, 0.25) is 5.91 Å². The van der Waals surface area contributed by atoms with Crippen molar-refractivity contribution >= 4 is 5.91 Å². The summed E-state index contributed by atoms with van der Waals surface area (Å²) in [5.74, 6) is 0.209. The molecule has 1 fully saturated rings. The van der Waals surface area contributed by atoms with Crippen molar-refractivity contribution in [3.05, 3.63) is 35.4 Å². The summed E-state index contributed by atoms with van der Waals surface area (Å²) in [6.07, 6.45) is 2.22. The van der Waals surface area contributed by atoms with Gasteiger partial charge in [0.25, 0.3) is 0 Å². The van der Waals surface area contributed by atoms with Crippen molar-refractivity contribution in [2.24, 2.45) is 0 Å². The molecule has 1 N–H and O–H groups in total. The molecule has 20 heavy (non-hydrogen) atoms. The molecule has 1 aliphatic rings. The molecule has 4 nitrogen and oxygen atoms in total. The Hall–Kier alpha value is -1.39. The molecule has 110 valence electrons. The second kappa shape index (κ2) is 6.86. The average Bonchev–Trinajstić information content (AvgIpc) is 2.77. The third kappa shape index (κ3) is 3.81. The molecule has 0 radical (unpaired) electrons. The molecule has 0 bridgehead atoms. The first kappa shape index (κ1) is 15.0. The maximum Gasteiger partial charge on any atom is 0.238 e. The van der Waals surface area contributed by atoms with E-state index in [1.54, 1.807) is 0 Å². The van der Waals surface area contributed by atoms with E-state index >= 15 is 0 Å². The monoisotopic (exact) mass is 275 g/mol. The number of carbonyl (C=O) groups is 1. The normalized spacial score (nSPS) is 19.1. The molecule has 4 heteroatoms. The number of carbonyl (C=O) groups excluding carboxylic acids is 1. The van der Waals surface area contributed by atoms with Gasteiger partial charge in [0.15, 0.2) is 0 Å². The van der Waals surface area contributed by atoms with E-state index in [0.29, 0.717) is 6.54 Å². The standard InChI is InChI=1S/C16H25N3O/c1-13-6-8-14(9-7-13)16-17-12-15(20)19(16)11-5-4-10-18(2)3/h6-9,16-17H,4-5,10-12H2,1-3H3. The van der Waals surface area contributed by atoms with E-state index in [4.69, 9.17) is 0 Å². The Kier molecular flexibility index (Phi) is 5.15. The number of hydrogen-bond donors (Lipinski definition) is 1. The van der Waals surface area contributed by atoms with Crippen molar-refractivity contribution in [2.75, 3.05) is 33.7 Å². The summed E-state index contributed by atoms with van der Waals surface area (Å²) in [7, 11) is 4.16. The van der Waals surface area contributed by atoms with Gasteiger partial charge in [-0.05, 0) is 46.0 Å². The van der Waals surface area contributed by atoms with Crippen LogP contribution in [0.25, 0.3) is 0 Å². The van der Waals surface area contributed by atoms with Crippen LogP contribution in [0.2, 0.25) is 0 Å². The topological polar surface area (TPSA) is 35.6 Å². The number of rotatable bonds is 6. The molecule has 0 aliphatic carbocycles. The highest BCUT2D eigenvalue weighted by Gasteiger charge is 2.30. The van der Waals surface area contributed by atoms with Crippen LogP contribution in [0.4, 0.5) is 0 Å². The molecule has 2 rings (SSSR count). The fourth-order valence-electron chi connectivity index (χ4n) is 2.55. The van der Waals surface area contributed by atoms with Gasteiger partial charge in [-0.2, -0.15) is 0 Å². The molecule has 1 aromatic carbocycles. The van der Waals surface area contributed by atoms with E-state index in [2.05, 4.69) is 55.5 Å².